The summed E-state index contributed by atoms with van der Waals surface area (Å²) in [5, 5.41) is 1.26. The fraction of sp³-hybridized carbons (Fsp3) is 0.364. The van der Waals surface area contributed by atoms with Crippen LogP contribution in [-0.2, 0) is 19.9 Å². The Morgan fingerprint density at radius 2 is 2.18 bits per heavy atom. The van der Waals surface area contributed by atoms with Crippen LogP contribution in [0.4, 0.5) is 0 Å². The zero-order valence-electron chi connectivity index (χ0n) is 16.3. The minimum absolute atomic E-state index is 0.0875. The Hall–Kier alpha value is -2.18. The van der Waals surface area contributed by atoms with Crippen molar-refractivity contribution in [1.82, 2.24) is 19.4 Å². The molecule has 146 valence electrons. The number of fused-ring (bicyclic) bond motifs is 1. The van der Waals surface area contributed by atoms with Gasteiger partial charge in [0, 0.05) is 59.4 Å². The van der Waals surface area contributed by atoms with Crippen LogP contribution < -0.4 is 5.56 Å². The van der Waals surface area contributed by atoms with Crippen LogP contribution >= 0.6 is 15.9 Å². The molecule has 1 aliphatic rings. The normalized spacial score (nSPS) is 15.2. The first-order valence-electron chi connectivity index (χ1n) is 9.78. The Balaban J connectivity index is 1.47. The van der Waals surface area contributed by atoms with Gasteiger partial charge < -0.3 is 9.55 Å². The molecule has 1 aliphatic heterocycles. The molecule has 0 saturated heterocycles. The van der Waals surface area contributed by atoms with Crippen molar-refractivity contribution in [3.05, 3.63) is 68.4 Å². The lowest BCUT2D eigenvalue weighted by Crippen LogP contribution is -2.33. The highest BCUT2D eigenvalue weighted by molar-refractivity contribution is 9.10. The lowest BCUT2D eigenvalue weighted by molar-refractivity contribution is 0.305. The van der Waals surface area contributed by atoms with Gasteiger partial charge in [0.1, 0.15) is 0 Å². The summed E-state index contributed by atoms with van der Waals surface area (Å²) in [6, 6.07) is 6.35. The zero-order chi connectivity index (χ0) is 19.7. The molecule has 3 aromatic rings. The summed E-state index contributed by atoms with van der Waals surface area (Å²) in [5.74, 6) is 0. The van der Waals surface area contributed by atoms with Gasteiger partial charge in [-0.3, -0.25) is 9.69 Å². The molecule has 6 heteroatoms. The monoisotopic (exact) mass is 440 g/mol. The predicted octanol–water partition coefficient (Wildman–Crippen LogP) is 3.92. The van der Waals surface area contributed by atoms with E-state index in [1.54, 1.807) is 17.9 Å². The number of nitrogens with zero attached hydrogens (tertiary/aromatic N) is 3. The smallest absolute Gasteiger partial charge is 0.256 e. The van der Waals surface area contributed by atoms with E-state index in [1.807, 2.05) is 0 Å². The molecule has 4 rings (SSSR count). The summed E-state index contributed by atoms with van der Waals surface area (Å²) >= 11 is 3.58. The highest BCUT2D eigenvalue weighted by Gasteiger charge is 2.17. The van der Waals surface area contributed by atoms with Crippen LogP contribution in [0.5, 0.6) is 0 Å². The number of H-pyrrole nitrogens is 1. The fourth-order valence-electron chi connectivity index (χ4n) is 3.97. The Bertz CT molecular complexity index is 1100. The minimum Gasteiger partial charge on any atom is -0.361 e. The lowest BCUT2D eigenvalue weighted by Gasteiger charge is -2.26. The molecular formula is C22H25BrN4O. The first-order chi connectivity index (χ1) is 13.6. The van der Waals surface area contributed by atoms with Crippen molar-refractivity contribution in [3.8, 4) is 0 Å². The van der Waals surface area contributed by atoms with E-state index in [2.05, 4.69) is 68.2 Å². The summed E-state index contributed by atoms with van der Waals surface area (Å²) in [6.45, 7) is 4.87. The van der Waals surface area contributed by atoms with Crippen molar-refractivity contribution in [2.24, 2.45) is 7.05 Å². The highest BCUT2D eigenvalue weighted by atomic mass is 79.9. The third kappa shape index (κ3) is 3.71. The number of aryl methyl sites for hydroxylation is 2. The van der Waals surface area contributed by atoms with Crippen LogP contribution in [-0.4, -0.2) is 39.1 Å². The lowest BCUT2D eigenvalue weighted by atomic mass is 9.98. The maximum absolute atomic E-state index is 12.5. The van der Waals surface area contributed by atoms with E-state index in [0.29, 0.717) is 0 Å². The average molecular weight is 441 g/mol. The number of halogens is 1. The second kappa shape index (κ2) is 8.05. The SMILES string of the molecule is CCc1ncn(C)c(=O)c1CCN1CC=C(c2c[nH]c3ccc(Br)cc23)CC1. The van der Waals surface area contributed by atoms with E-state index >= 15 is 0 Å². The van der Waals surface area contributed by atoms with Gasteiger partial charge in [0.15, 0.2) is 0 Å². The van der Waals surface area contributed by atoms with Gasteiger partial charge in [-0.05, 0) is 43.0 Å². The van der Waals surface area contributed by atoms with Crippen molar-refractivity contribution in [3.63, 3.8) is 0 Å². The van der Waals surface area contributed by atoms with Crippen LogP contribution in [0.2, 0.25) is 0 Å². The molecule has 0 aliphatic carbocycles. The van der Waals surface area contributed by atoms with Gasteiger partial charge in [-0.25, -0.2) is 4.98 Å². The van der Waals surface area contributed by atoms with Gasteiger partial charge in [0.2, 0.25) is 0 Å². The summed E-state index contributed by atoms with van der Waals surface area (Å²) in [4.78, 5) is 22.7. The molecule has 0 saturated carbocycles. The number of rotatable bonds is 5. The van der Waals surface area contributed by atoms with Gasteiger partial charge >= 0.3 is 0 Å². The quantitative estimate of drug-likeness (QED) is 0.653. The molecule has 0 bridgehead atoms. The molecule has 0 radical (unpaired) electrons. The summed E-state index contributed by atoms with van der Waals surface area (Å²) in [7, 11) is 1.77. The van der Waals surface area contributed by atoms with E-state index in [0.717, 1.165) is 54.6 Å². The number of aromatic amines is 1. The third-order valence-corrected chi connectivity index (χ3v) is 6.10. The van der Waals surface area contributed by atoms with Crippen LogP contribution in [0, 0.1) is 0 Å². The first kappa shape index (κ1) is 19.2. The molecule has 2 aromatic heterocycles. The molecule has 5 nitrogen and oxygen atoms in total. The third-order valence-electron chi connectivity index (χ3n) is 5.61. The van der Waals surface area contributed by atoms with Crippen molar-refractivity contribution >= 4 is 32.4 Å². The zero-order valence-corrected chi connectivity index (χ0v) is 17.9. The second-order valence-corrected chi connectivity index (χ2v) is 8.28. The van der Waals surface area contributed by atoms with E-state index in [-0.39, 0.29) is 5.56 Å². The highest BCUT2D eigenvalue weighted by Crippen LogP contribution is 2.31. The molecular weight excluding hydrogens is 416 g/mol. The van der Waals surface area contributed by atoms with Crippen molar-refractivity contribution in [2.45, 2.75) is 26.2 Å². The van der Waals surface area contributed by atoms with E-state index in [1.165, 1.54) is 22.0 Å². The Kier molecular flexibility index (Phi) is 5.51. The van der Waals surface area contributed by atoms with Gasteiger partial charge in [-0.2, -0.15) is 0 Å². The number of hydrogen-bond acceptors (Lipinski definition) is 3. The summed E-state index contributed by atoms with van der Waals surface area (Å²) < 4.78 is 2.68. The van der Waals surface area contributed by atoms with Gasteiger partial charge in [0.05, 0.1) is 12.0 Å². The van der Waals surface area contributed by atoms with Crippen LogP contribution in [0.1, 0.15) is 30.2 Å². The summed E-state index contributed by atoms with van der Waals surface area (Å²) in [6.07, 6.45) is 8.64. The maximum Gasteiger partial charge on any atom is 0.256 e. The van der Waals surface area contributed by atoms with Crippen LogP contribution in [0.3, 0.4) is 0 Å². The van der Waals surface area contributed by atoms with Crippen LogP contribution in [0.15, 0.2) is 46.1 Å². The van der Waals surface area contributed by atoms with Crippen LogP contribution in [0.25, 0.3) is 16.5 Å². The van der Waals surface area contributed by atoms with Crippen molar-refractivity contribution in [2.75, 3.05) is 19.6 Å². The maximum atomic E-state index is 12.5. The molecule has 0 unspecified atom stereocenters. The number of nitrogens with one attached hydrogen (secondary N) is 1. The van der Waals surface area contributed by atoms with E-state index < -0.39 is 0 Å². The van der Waals surface area contributed by atoms with Crippen molar-refractivity contribution < 1.29 is 0 Å². The molecule has 1 aromatic carbocycles. The van der Waals surface area contributed by atoms with E-state index in [4.69, 9.17) is 0 Å². The Morgan fingerprint density at radius 1 is 1.32 bits per heavy atom. The molecule has 28 heavy (non-hydrogen) atoms. The average Bonchev–Trinajstić information content (AvgIpc) is 3.12. The molecule has 0 amide bonds. The number of hydrogen-bond donors (Lipinski definition) is 1. The molecule has 0 spiro atoms. The molecule has 3 heterocycles. The van der Waals surface area contributed by atoms with Gasteiger partial charge in [-0.15, -0.1) is 0 Å². The summed E-state index contributed by atoms with van der Waals surface area (Å²) in [5.41, 5.74) is 5.74. The predicted molar refractivity (Wildman–Crippen MR) is 118 cm³/mol. The Labute approximate surface area is 173 Å². The van der Waals surface area contributed by atoms with Gasteiger partial charge in [-0.1, -0.05) is 28.9 Å². The number of aromatic nitrogens is 3. The Morgan fingerprint density at radius 3 is 2.93 bits per heavy atom. The topological polar surface area (TPSA) is 53.9 Å². The van der Waals surface area contributed by atoms with Crippen molar-refractivity contribution in [1.29, 1.82) is 0 Å². The van der Waals surface area contributed by atoms with Gasteiger partial charge in [0.25, 0.3) is 5.56 Å². The van der Waals surface area contributed by atoms with E-state index in [9.17, 15) is 4.79 Å². The second-order valence-electron chi connectivity index (χ2n) is 7.36. The number of benzene rings is 1. The molecule has 0 atom stereocenters. The fourth-order valence-corrected chi connectivity index (χ4v) is 4.33. The standard InChI is InChI=1S/C22H25BrN4O/c1-3-20-17(22(28)26(2)14-25-20)8-11-27-9-6-15(7-10-27)19-13-24-21-5-4-16(23)12-18(19)21/h4-6,12-14,24H,3,7-11H2,1-2H3. The minimum atomic E-state index is 0.0875. The molecule has 0 fully saturated rings. The first-order valence-corrected chi connectivity index (χ1v) is 10.6. The largest absolute Gasteiger partial charge is 0.361 e. The molecule has 1 N–H and O–H groups in total.